The zero-order chi connectivity index (χ0) is 23.1. The molecule has 170 valence electrons. The van der Waals surface area contributed by atoms with Gasteiger partial charge in [0, 0.05) is 12.2 Å². The second-order valence-electron chi connectivity index (χ2n) is 9.56. The fraction of sp³-hybridized carbons (Fsp3) is 0.423. The maximum absolute atomic E-state index is 12.9. The molecule has 2 heterocycles. The van der Waals surface area contributed by atoms with Crippen molar-refractivity contribution < 1.29 is 14.3 Å². The summed E-state index contributed by atoms with van der Waals surface area (Å²) in [6.45, 7) is 13.5. The minimum absolute atomic E-state index is 0.0465. The Morgan fingerprint density at radius 2 is 2.03 bits per heavy atom. The van der Waals surface area contributed by atoms with Crippen LogP contribution >= 0.6 is 0 Å². The minimum atomic E-state index is -0.485. The van der Waals surface area contributed by atoms with Gasteiger partial charge in [-0.2, -0.15) is 0 Å². The third-order valence-electron chi connectivity index (χ3n) is 6.88. The highest BCUT2D eigenvalue weighted by molar-refractivity contribution is 5.90. The van der Waals surface area contributed by atoms with Gasteiger partial charge in [-0.15, -0.1) is 0 Å². The molecule has 33 heavy (non-hydrogen) atoms. The zero-order valence-electron chi connectivity index (χ0n) is 19.1. The lowest BCUT2D eigenvalue weighted by molar-refractivity contribution is -0.0264. The van der Waals surface area contributed by atoms with Crippen molar-refractivity contribution in [3.63, 3.8) is 0 Å². The van der Waals surface area contributed by atoms with E-state index < -0.39 is 5.60 Å². The standard InChI is InChI=1S/C26H28N4O3/c1-4-32-21-9-7-20(8-10-21)30-17-26(33-24(30)31)13-5-12-25(2,15-26)16-29-18-28-22-11-6-19(27-3)14-23(22)29/h6-11,14,18H,4-5,12-13,15-17H2,1-2H3/t25-,26-/m0/s1. The number of rotatable bonds is 5. The van der Waals surface area contributed by atoms with Crippen LogP contribution in [-0.4, -0.2) is 34.4 Å². The summed E-state index contributed by atoms with van der Waals surface area (Å²) in [6, 6.07) is 13.2. The lowest BCUT2D eigenvalue weighted by Crippen LogP contribution is -2.45. The van der Waals surface area contributed by atoms with Crippen molar-refractivity contribution in [2.45, 2.75) is 51.7 Å². The lowest BCUT2D eigenvalue weighted by Gasteiger charge is -2.43. The van der Waals surface area contributed by atoms with Crippen LogP contribution in [0.3, 0.4) is 0 Å². The average molecular weight is 445 g/mol. The number of hydrogen-bond acceptors (Lipinski definition) is 4. The molecule has 2 aliphatic rings. The number of carbonyl (C=O) groups excluding carboxylic acids is 1. The van der Waals surface area contributed by atoms with E-state index in [1.54, 1.807) is 11.0 Å². The van der Waals surface area contributed by atoms with Gasteiger partial charge in [-0.05, 0) is 74.4 Å². The van der Waals surface area contributed by atoms with Gasteiger partial charge in [-0.25, -0.2) is 14.6 Å². The van der Waals surface area contributed by atoms with Crippen LogP contribution in [0.4, 0.5) is 16.2 Å². The fourth-order valence-corrected chi connectivity index (χ4v) is 5.51. The molecule has 2 aromatic carbocycles. The second kappa shape index (κ2) is 8.11. The Morgan fingerprint density at radius 1 is 1.21 bits per heavy atom. The van der Waals surface area contributed by atoms with Crippen LogP contribution in [-0.2, 0) is 11.3 Å². The number of aromatic nitrogens is 2. The van der Waals surface area contributed by atoms with E-state index in [4.69, 9.17) is 16.0 Å². The van der Waals surface area contributed by atoms with Crippen LogP contribution in [0.15, 0.2) is 48.8 Å². The van der Waals surface area contributed by atoms with Gasteiger partial charge in [0.2, 0.25) is 0 Å². The maximum atomic E-state index is 12.9. The quantitative estimate of drug-likeness (QED) is 0.456. The van der Waals surface area contributed by atoms with Crippen molar-refractivity contribution in [1.82, 2.24) is 9.55 Å². The third kappa shape index (κ3) is 4.02. The summed E-state index contributed by atoms with van der Waals surface area (Å²) in [5.41, 5.74) is 2.79. The highest BCUT2D eigenvalue weighted by Gasteiger charge is 2.51. The molecule has 0 bridgehead atoms. The Labute approximate surface area is 193 Å². The monoisotopic (exact) mass is 444 g/mol. The summed E-state index contributed by atoms with van der Waals surface area (Å²) in [6.07, 6.45) is 5.30. The lowest BCUT2D eigenvalue weighted by atomic mass is 9.68. The van der Waals surface area contributed by atoms with Crippen LogP contribution in [0.25, 0.3) is 15.9 Å². The molecule has 2 atom stereocenters. The average Bonchev–Trinajstić information content (AvgIpc) is 3.33. The number of hydrogen-bond donors (Lipinski definition) is 0. The van der Waals surface area contributed by atoms with Crippen molar-refractivity contribution in [3.8, 4) is 5.75 Å². The number of anilines is 1. The Bertz CT molecular complexity index is 1230. The normalized spacial score (nSPS) is 24.8. The number of amides is 1. The van der Waals surface area contributed by atoms with E-state index >= 15 is 0 Å². The molecule has 3 aromatic rings. The molecule has 7 heteroatoms. The van der Waals surface area contributed by atoms with E-state index in [1.807, 2.05) is 49.6 Å². The van der Waals surface area contributed by atoms with Crippen LogP contribution in [0.2, 0.25) is 0 Å². The number of fused-ring (bicyclic) bond motifs is 1. The van der Waals surface area contributed by atoms with Gasteiger partial charge in [0.1, 0.15) is 11.4 Å². The first-order valence-electron chi connectivity index (χ1n) is 11.5. The first-order valence-corrected chi connectivity index (χ1v) is 11.5. The number of nitrogens with zero attached hydrogens (tertiary/aromatic N) is 4. The summed E-state index contributed by atoms with van der Waals surface area (Å²) in [5, 5.41) is 0. The number of ether oxygens (including phenoxy) is 2. The third-order valence-corrected chi connectivity index (χ3v) is 6.88. The molecule has 1 aliphatic heterocycles. The summed E-state index contributed by atoms with van der Waals surface area (Å²) >= 11 is 0. The van der Waals surface area contributed by atoms with Crippen LogP contribution in [0.5, 0.6) is 5.75 Å². The van der Waals surface area contributed by atoms with E-state index in [2.05, 4.69) is 21.3 Å². The first-order chi connectivity index (χ1) is 15.9. The van der Waals surface area contributed by atoms with E-state index in [0.29, 0.717) is 18.8 Å². The fourth-order valence-electron chi connectivity index (χ4n) is 5.51. The van der Waals surface area contributed by atoms with Crippen molar-refractivity contribution in [1.29, 1.82) is 0 Å². The van der Waals surface area contributed by atoms with E-state index in [1.165, 1.54) is 0 Å². The zero-order valence-corrected chi connectivity index (χ0v) is 19.1. The topological polar surface area (TPSA) is 61.0 Å². The molecule has 0 unspecified atom stereocenters. The number of imidazole rings is 1. The predicted molar refractivity (Wildman–Crippen MR) is 127 cm³/mol. The molecule has 1 aromatic heterocycles. The van der Waals surface area contributed by atoms with Gasteiger partial charge < -0.3 is 14.0 Å². The smallest absolute Gasteiger partial charge is 0.415 e. The molecule has 1 spiro atoms. The van der Waals surface area contributed by atoms with Gasteiger partial charge in [0.05, 0.1) is 37.1 Å². The van der Waals surface area contributed by atoms with Crippen molar-refractivity contribution in [2.75, 3.05) is 18.1 Å². The summed E-state index contributed by atoms with van der Waals surface area (Å²) in [4.78, 5) is 22.7. The minimum Gasteiger partial charge on any atom is -0.494 e. The highest BCUT2D eigenvalue weighted by atomic mass is 16.6. The number of benzene rings is 2. The molecule has 0 radical (unpaired) electrons. The van der Waals surface area contributed by atoms with Crippen LogP contribution < -0.4 is 9.64 Å². The van der Waals surface area contributed by atoms with Gasteiger partial charge in [-0.3, -0.25) is 4.90 Å². The Kier molecular flexibility index (Phi) is 5.24. The van der Waals surface area contributed by atoms with E-state index in [0.717, 1.165) is 54.7 Å². The molecular weight excluding hydrogens is 416 g/mol. The molecule has 5 rings (SSSR count). The van der Waals surface area contributed by atoms with Gasteiger partial charge in [0.15, 0.2) is 5.69 Å². The van der Waals surface area contributed by atoms with Gasteiger partial charge >= 0.3 is 6.09 Å². The van der Waals surface area contributed by atoms with Gasteiger partial charge in [-0.1, -0.05) is 13.0 Å². The maximum Gasteiger partial charge on any atom is 0.415 e. The Balaban J connectivity index is 1.36. The summed E-state index contributed by atoms with van der Waals surface area (Å²) in [5.74, 6) is 0.794. The van der Waals surface area contributed by atoms with E-state index in [-0.39, 0.29) is 11.5 Å². The van der Waals surface area contributed by atoms with Crippen molar-refractivity contribution in [3.05, 3.63) is 60.2 Å². The second-order valence-corrected chi connectivity index (χ2v) is 9.56. The molecule has 0 N–H and O–H groups in total. The molecule has 1 saturated carbocycles. The van der Waals surface area contributed by atoms with Crippen molar-refractivity contribution in [2.24, 2.45) is 5.41 Å². The van der Waals surface area contributed by atoms with Gasteiger partial charge in [0.25, 0.3) is 0 Å². The largest absolute Gasteiger partial charge is 0.494 e. The molecule has 1 aliphatic carbocycles. The van der Waals surface area contributed by atoms with Crippen LogP contribution in [0.1, 0.15) is 39.5 Å². The molecular formula is C26H28N4O3. The first kappa shape index (κ1) is 21.3. The van der Waals surface area contributed by atoms with Crippen molar-refractivity contribution >= 4 is 28.5 Å². The summed E-state index contributed by atoms with van der Waals surface area (Å²) < 4.78 is 13.7. The molecule has 1 saturated heterocycles. The molecule has 7 nitrogen and oxygen atoms in total. The van der Waals surface area contributed by atoms with E-state index in [9.17, 15) is 4.79 Å². The SMILES string of the molecule is [C-]#[N+]c1ccc2ncn(C[C@@]3(C)CCC[C@@]4(CN(c5ccc(OCC)cc5)C(=O)O4)C3)c2c1. The predicted octanol–water partition coefficient (Wildman–Crippen LogP) is 5.96. The highest BCUT2D eigenvalue weighted by Crippen LogP contribution is 2.48. The number of carbonyl (C=O) groups is 1. The Morgan fingerprint density at radius 3 is 2.79 bits per heavy atom. The Hall–Kier alpha value is -3.53. The molecule has 1 amide bonds. The summed E-state index contributed by atoms with van der Waals surface area (Å²) in [7, 11) is 0. The van der Waals surface area contributed by atoms with Crippen LogP contribution in [0, 0.1) is 12.0 Å². The molecule has 2 fully saturated rings.